The summed E-state index contributed by atoms with van der Waals surface area (Å²) in [4.78, 5) is 24.7. The fourth-order valence-corrected chi connectivity index (χ4v) is 4.20. The highest BCUT2D eigenvalue weighted by Gasteiger charge is 2.17. The maximum atomic E-state index is 13.2. The third-order valence-electron chi connectivity index (χ3n) is 6.11. The lowest BCUT2D eigenvalue weighted by atomic mass is 9.99. The van der Waals surface area contributed by atoms with E-state index < -0.39 is 0 Å². The Morgan fingerprint density at radius 3 is 2.33 bits per heavy atom. The molecule has 0 radical (unpaired) electrons. The number of carbonyl (C=O) groups excluding carboxylic acids is 2. The summed E-state index contributed by atoms with van der Waals surface area (Å²) >= 11 is 0. The Hall–Kier alpha value is -4.12. The molecule has 0 unspecified atom stereocenters. The van der Waals surface area contributed by atoms with E-state index >= 15 is 0 Å². The molecule has 5 nitrogen and oxygen atoms in total. The lowest BCUT2D eigenvalue weighted by Gasteiger charge is -2.18. The van der Waals surface area contributed by atoms with Crippen LogP contribution in [0, 0.1) is 0 Å². The molecule has 184 valence electrons. The second-order valence-electron chi connectivity index (χ2n) is 8.67. The van der Waals surface area contributed by atoms with E-state index in [9.17, 15) is 9.59 Å². The summed E-state index contributed by atoms with van der Waals surface area (Å²) in [6, 6.07) is 29.4. The molecule has 0 aromatic heterocycles. The minimum absolute atomic E-state index is 0.168. The number of hydrogen-bond acceptors (Lipinski definition) is 4. The molecule has 1 amide bonds. The third-order valence-corrected chi connectivity index (χ3v) is 6.11. The molecule has 4 rings (SSSR count). The first-order chi connectivity index (χ1) is 17.5. The molecule has 0 aliphatic rings. The topological polar surface area (TPSA) is 64.6 Å². The third kappa shape index (κ3) is 6.30. The Morgan fingerprint density at radius 1 is 0.833 bits per heavy atom. The Morgan fingerprint density at radius 2 is 1.53 bits per heavy atom. The first kappa shape index (κ1) is 25.0. The van der Waals surface area contributed by atoms with Gasteiger partial charge in [0.25, 0.3) is 5.91 Å². The van der Waals surface area contributed by atoms with Gasteiger partial charge in [-0.3, -0.25) is 9.59 Å². The normalized spacial score (nSPS) is 11.6. The Kier molecular flexibility index (Phi) is 8.35. The quantitative estimate of drug-likeness (QED) is 0.266. The number of aryl methyl sites for hydroxylation is 1. The zero-order chi connectivity index (χ0) is 25.3. The van der Waals surface area contributed by atoms with Gasteiger partial charge in [-0.1, -0.05) is 78.9 Å². The van der Waals surface area contributed by atoms with Gasteiger partial charge in [0.2, 0.25) is 0 Å². The number of hydrogen-bond donors (Lipinski definition) is 1. The van der Waals surface area contributed by atoms with Crippen LogP contribution in [0.4, 0.5) is 0 Å². The molecule has 0 saturated heterocycles. The van der Waals surface area contributed by atoms with Crippen molar-refractivity contribution in [2.75, 3.05) is 6.61 Å². The van der Waals surface area contributed by atoms with E-state index in [1.165, 1.54) is 0 Å². The van der Waals surface area contributed by atoms with E-state index in [0.717, 1.165) is 27.5 Å². The molecule has 0 bridgehead atoms. The van der Waals surface area contributed by atoms with Crippen molar-refractivity contribution in [3.63, 3.8) is 0 Å². The van der Waals surface area contributed by atoms with Crippen molar-refractivity contribution >= 4 is 22.6 Å². The number of para-hydroxylation sites is 1. The SMILES string of the molecule is CCOC(=O)CCc1ccc(COc2ccccc2C(=O)N[C@@H](C)c2cccc3ccccc23)cc1. The molecular weight excluding hydrogens is 450 g/mol. The maximum Gasteiger partial charge on any atom is 0.306 e. The molecule has 4 aromatic carbocycles. The molecular formula is C31H31NO4. The van der Waals surface area contributed by atoms with E-state index in [1.54, 1.807) is 13.0 Å². The Balaban J connectivity index is 1.39. The second kappa shape index (κ2) is 12.0. The van der Waals surface area contributed by atoms with Crippen molar-refractivity contribution in [1.82, 2.24) is 5.32 Å². The summed E-state index contributed by atoms with van der Waals surface area (Å²) in [6.07, 6.45) is 1.00. The number of ether oxygens (including phenoxy) is 2. The van der Waals surface area contributed by atoms with Crippen molar-refractivity contribution in [2.45, 2.75) is 39.3 Å². The minimum atomic E-state index is -0.186. The van der Waals surface area contributed by atoms with Crippen LogP contribution in [0.25, 0.3) is 10.8 Å². The lowest BCUT2D eigenvalue weighted by Crippen LogP contribution is -2.27. The number of rotatable bonds is 10. The molecule has 1 N–H and O–H groups in total. The standard InChI is InChI=1S/C31H31NO4/c1-3-35-30(33)20-19-23-15-17-24(18-16-23)21-36-29-14-7-6-12-28(29)31(34)32-22(2)26-13-8-10-25-9-4-5-11-27(25)26/h4-18,22H,3,19-21H2,1-2H3,(H,32,34)/t22-/m0/s1. The average molecular weight is 482 g/mol. The molecule has 4 aromatic rings. The summed E-state index contributed by atoms with van der Waals surface area (Å²) in [5.41, 5.74) is 3.61. The smallest absolute Gasteiger partial charge is 0.306 e. The van der Waals surface area contributed by atoms with Crippen LogP contribution >= 0.6 is 0 Å². The maximum absolute atomic E-state index is 13.2. The molecule has 0 fully saturated rings. The number of nitrogens with one attached hydrogen (secondary N) is 1. The molecule has 5 heteroatoms. The van der Waals surface area contributed by atoms with Crippen LogP contribution in [0.2, 0.25) is 0 Å². The number of benzene rings is 4. The molecule has 36 heavy (non-hydrogen) atoms. The van der Waals surface area contributed by atoms with Crippen molar-refractivity contribution in [3.8, 4) is 5.75 Å². The van der Waals surface area contributed by atoms with Gasteiger partial charge in [0, 0.05) is 6.42 Å². The second-order valence-corrected chi connectivity index (χ2v) is 8.67. The highest BCUT2D eigenvalue weighted by molar-refractivity contribution is 5.97. The van der Waals surface area contributed by atoms with Crippen LogP contribution in [-0.4, -0.2) is 18.5 Å². The van der Waals surface area contributed by atoms with Crippen molar-refractivity contribution in [2.24, 2.45) is 0 Å². The molecule has 0 aliphatic heterocycles. The van der Waals surface area contributed by atoms with Gasteiger partial charge in [-0.25, -0.2) is 0 Å². The number of carbonyl (C=O) groups is 2. The predicted octanol–water partition coefficient (Wildman–Crippen LogP) is 6.41. The van der Waals surface area contributed by atoms with Crippen LogP contribution < -0.4 is 10.1 Å². The van der Waals surface area contributed by atoms with Gasteiger partial charge >= 0.3 is 5.97 Å². The first-order valence-electron chi connectivity index (χ1n) is 12.3. The Labute approximate surface area is 212 Å². The van der Waals surface area contributed by atoms with Gasteiger partial charge in [0.15, 0.2) is 0 Å². The fourth-order valence-electron chi connectivity index (χ4n) is 4.20. The summed E-state index contributed by atoms with van der Waals surface area (Å²) in [5.74, 6) is 0.168. The number of amides is 1. The average Bonchev–Trinajstić information content (AvgIpc) is 2.91. The largest absolute Gasteiger partial charge is 0.488 e. The van der Waals surface area contributed by atoms with E-state index in [2.05, 4.69) is 23.5 Å². The summed E-state index contributed by atoms with van der Waals surface area (Å²) in [7, 11) is 0. The zero-order valence-corrected chi connectivity index (χ0v) is 20.7. The highest BCUT2D eigenvalue weighted by Crippen LogP contribution is 2.26. The van der Waals surface area contributed by atoms with Crippen molar-refractivity contribution in [3.05, 3.63) is 113 Å². The highest BCUT2D eigenvalue weighted by atomic mass is 16.5. The van der Waals surface area contributed by atoms with Crippen LogP contribution in [0.15, 0.2) is 91.0 Å². The minimum Gasteiger partial charge on any atom is -0.488 e. The van der Waals surface area contributed by atoms with Crippen LogP contribution in [0.3, 0.4) is 0 Å². The molecule has 0 aliphatic carbocycles. The zero-order valence-electron chi connectivity index (χ0n) is 20.7. The van der Waals surface area contributed by atoms with Crippen LogP contribution in [0.1, 0.15) is 53.4 Å². The van der Waals surface area contributed by atoms with Gasteiger partial charge in [-0.05, 0) is 59.9 Å². The van der Waals surface area contributed by atoms with Gasteiger partial charge in [0.1, 0.15) is 12.4 Å². The van der Waals surface area contributed by atoms with Gasteiger partial charge < -0.3 is 14.8 Å². The van der Waals surface area contributed by atoms with E-state index in [-0.39, 0.29) is 17.9 Å². The molecule has 1 atom stereocenters. The molecule has 0 heterocycles. The number of esters is 1. The van der Waals surface area contributed by atoms with E-state index in [4.69, 9.17) is 9.47 Å². The van der Waals surface area contributed by atoms with E-state index in [0.29, 0.717) is 37.4 Å². The summed E-state index contributed by atoms with van der Waals surface area (Å²) < 4.78 is 11.0. The van der Waals surface area contributed by atoms with Crippen LogP contribution in [-0.2, 0) is 22.6 Å². The molecule has 0 saturated carbocycles. The summed E-state index contributed by atoms with van der Waals surface area (Å²) in [5, 5.41) is 5.40. The van der Waals surface area contributed by atoms with Gasteiger partial charge in [-0.15, -0.1) is 0 Å². The summed E-state index contributed by atoms with van der Waals surface area (Å²) in [6.45, 7) is 4.53. The Bertz CT molecular complexity index is 1320. The monoisotopic (exact) mass is 481 g/mol. The van der Waals surface area contributed by atoms with Crippen molar-refractivity contribution in [1.29, 1.82) is 0 Å². The van der Waals surface area contributed by atoms with Crippen LogP contribution in [0.5, 0.6) is 5.75 Å². The van der Waals surface area contributed by atoms with Gasteiger partial charge in [0.05, 0.1) is 18.2 Å². The first-order valence-corrected chi connectivity index (χ1v) is 12.3. The van der Waals surface area contributed by atoms with Gasteiger partial charge in [-0.2, -0.15) is 0 Å². The van der Waals surface area contributed by atoms with Crippen molar-refractivity contribution < 1.29 is 19.1 Å². The lowest BCUT2D eigenvalue weighted by molar-refractivity contribution is -0.143. The predicted molar refractivity (Wildman–Crippen MR) is 142 cm³/mol. The molecule has 0 spiro atoms. The van der Waals surface area contributed by atoms with E-state index in [1.807, 2.05) is 73.7 Å². The fraction of sp³-hybridized carbons (Fsp3) is 0.226. The number of fused-ring (bicyclic) bond motifs is 1.